The summed E-state index contributed by atoms with van der Waals surface area (Å²) in [6, 6.07) is 0. The number of aliphatic carboxylic acids is 2. The standard InChI is InChI=1S/C4H6O4.2Ca.H2O.2H/c5-3(6)1-2-4(7)8;;;;;/h1-2H2,(H,5,6)(H,7,8);;;1H2;;/q;2*+2;;2*-1/p-2. The van der Waals surface area contributed by atoms with Gasteiger partial charge in [-0.15, -0.1) is 0 Å². The van der Waals surface area contributed by atoms with Crippen LogP contribution in [0.25, 0.3) is 0 Å². The predicted molar refractivity (Wildman–Crippen MR) is 36.6 cm³/mol. The molecule has 0 amide bonds. The Hall–Kier alpha value is 1.42. The smallest absolute Gasteiger partial charge is 1.00 e. The van der Waals surface area contributed by atoms with Gasteiger partial charge in [0.2, 0.25) is 0 Å². The van der Waals surface area contributed by atoms with Crippen LogP contribution in [0.3, 0.4) is 0 Å². The Morgan fingerprint density at radius 1 is 1.00 bits per heavy atom. The molecule has 7 heteroatoms. The summed E-state index contributed by atoms with van der Waals surface area (Å²) in [6.45, 7) is 0. The van der Waals surface area contributed by atoms with E-state index >= 15 is 0 Å². The van der Waals surface area contributed by atoms with E-state index in [0.717, 1.165) is 0 Å². The van der Waals surface area contributed by atoms with Gasteiger partial charge in [-0.25, -0.2) is 0 Å². The van der Waals surface area contributed by atoms with Crippen LogP contribution in [0.5, 0.6) is 0 Å². The average molecular weight is 216 g/mol. The van der Waals surface area contributed by atoms with Gasteiger partial charge < -0.3 is 28.1 Å². The van der Waals surface area contributed by atoms with Crippen molar-refractivity contribution < 1.29 is 28.1 Å². The van der Waals surface area contributed by atoms with Crippen molar-refractivity contribution in [3.63, 3.8) is 0 Å². The molecule has 0 aromatic rings. The number of carbonyl (C=O) groups excluding carboxylic acids is 2. The molecule has 0 unspecified atom stereocenters. The third kappa shape index (κ3) is 24.6. The molecule has 0 heterocycles. The van der Waals surface area contributed by atoms with E-state index in [2.05, 4.69) is 0 Å². The van der Waals surface area contributed by atoms with Crippen LogP contribution in [-0.4, -0.2) is 92.9 Å². The van der Waals surface area contributed by atoms with Crippen molar-refractivity contribution >= 4 is 87.4 Å². The molecule has 0 radical (unpaired) electrons. The van der Waals surface area contributed by atoms with E-state index in [4.69, 9.17) is 0 Å². The first-order valence-corrected chi connectivity index (χ1v) is 2.02. The van der Waals surface area contributed by atoms with Crippen molar-refractivity contribution in [3.05, 3.63) is 0 Å². The SMILES string of the molecule is O.O=C([O-])CCC(=O)[O-].[Ca+2].[Ca+2].[H-].[H-]. The topological polar surface area (TPSA) is 112 Å². The third-order valence-corrected chi connectivity index (χ3v) is 0.533. The van der Waals surface area contributed by atoms with Gasteiger partial charge in [0.1, 0.15) is 0 Å². The molecule has 0 atom stereocenters. The minimum atomic E-state index is -1.37. The van der Waals surface area contributed by atoms with Gasteiger partial charge in [-0.3, -0.25) is 0 Å². The minimum Gasteiger partial charge on any atom is -1.00 e. The van der Waals surface area contributed by atoms with E-state index < -0.39 is 24.8 Å². The molecule has 0 aromatic carbocycles. The van der Waals surface area contributed by atoms with Crippen LogP contribution in [0, 0.1) is 0 Å². The molecule has 0 aliphatic heterocycles. The molecule has 11 heavy (non-hydrogen) atoms. The fraction of sp³-hybridized carbons (Fsp3) is 0.500. The van der Waals surface area contributed by atoms with Crippen LogP contribution in [0.15, 0.2) is 0 Å². The molecule has 0 aliphatic rings. The number of rotatable bonds is 3. The maximum absolute atomic E-state index is 9.50. The van der Waals surface area contributed by atoms with Crippen LogP contribution >= 0.6 is 0 Å². The Morgan fingerprint density at radius 2 is 1.18 bits per heavy atom. The summed E-state index contributed by atoms with van der Waals surface area (Å²) in [5, 5.41) is 19.0. The number of hydrogen-bond acceptors (Lipinski definition) is 4. The second-order valence-corrected chi connectivity index (χ2v) is 1.24. The van der Waals surface area contributed by atoms with Crippen LogP contribution in [0.2, 0.25) is 0 Å². The zero-order valence-corrected chi connectivity index (χ0v) is 10.4. The van der Waals surface area contributed by atoms with Gasteiger partial charge in [-0.05, 0) is 12.8 Å². The first-order chi connectivity index (χ1) is 3.63. The van der Waals surface area contributed by atoms with Crippen molar-refractivity contribution in [1.82, 2.24) is 0 Å². The summed E-state index contributed by atoms with van der Waals surface area (Å²) in [6.07, 6.45) is -0.940. The van der Waals surface area contributed by atoms with Gasteiger partial charge in [0.25, 0.3) is 0 Å². The molecule has 0 saturated carbocycles. The largest absolute Gasteiger partial charge is 2.00 e. The van der Waals surface area contributed by atoms with Crippen molar-refractivity contribution in [2.24, 2.45) is 0 Å². The minimum absolute atomic E-state index is 0. The van der Waals surface area contributed by atoms with E-state index in [1.807, 2.05) is 0 Å². The number of carboxylic acids is 2. The van der Waals surface area contributed by atoms with Crippen molar-refractivity contribution in [2.45, 2.75) is 12.8 Å². The van der Waals surface area contributed by atoms with E-state index in [9.17, 15) is 19.8 Å². The van der Waals surface area contributed by atoms with Crippen molar-refractivity contribution in [1.29, 1.82) is 0 Å². The summed E-state index contributed by atoms with van der Waals surface area (Å²) < 4.78 is 0. The molecule has 0 fully saturated rings. The third-order valence-electron chi connectivity index (χ3n) is 0.533. The zero-order valence-electron chi connectivity index (χ0n) is 7.96. The first-order valence-electron chi connectivity index (χ1n) is 2.02. The summed E-state index contributed by atoms with van der Waals surface area (Å²) in [5.41, 5.74) is 0. The van der Waals surface area contributed by atoms with Gasteiger partial charge >= 0.3 is 75.5 Å². The molecule has 2 N–H and O–H groups in total. The van der Waals surface area contributed by atoms with E-state index in [0.29, 0.717) is 0 Å². The van der Waals surface area contributed by atoms with Crippen molar-refractivity contribution in [3.8, 4) is 0 Å². The Morgan fingerprint density at radius 3 is 1.27 bits per heavy atom. The Balaban J connectivity index is -0.0000000245. The molecular weight excluding hydrogens is 208 g/mol. The molecule has 58 valence electrons. The van der Waals surface area contributed by atoms with Crippen LogP contribution < -0.4 is 10.2 Å². The monoisotopic (exact) mass is 216 g/mol. The Bertz CT molecular complexity index is 109. The first kappa shape index (κ1) is 22.8. The van der Waals surface area contributed by atoms with E-state index in [1.165, 1.54) is 0 Å². The van der Waals surface area contributed by atoms with Crippen LogP contribution in [0.4, 0.5) is 0 Å². The fourth-order valence-electron chi connectivity index (χ4n) is 0.204. The Kier molecular flexibility index (Phi) is 29.0. The van der Waals surface area contributed by atoms with Gasteiger partial charge in [0, 0.05) is 11.9 Å². The van der Waals surface area contributed by atoms with E-state index in [-0.39, 0.29) is 83.8 Å². The maximum atomic E-state index is 9.50. The van der Waals surface area contributed by atoms with E-state index in [1.54, 1.807) is 0 Å². The molecule has 0 rings (SSSR count). The van der Waals surface area contributed by atoms with Gasteiger partial charge in [0.05, 0.1) is 0 Å². The summed E-state index contributed by atoms with van der Waals surface area (Å²) in [5.74, 6) is -2.73. The van der Waals surface area contributed by atoms with Gasteiger partial charge in [0.15, 0.2) is 0 Å². The van der Waals surface area contributed by atoms with Gasteiger partial charge in [-0.2, -0.15) is 0 Å². The quantitative estimate of drug-likeness (QED) is 0.446. The van der Waals surface area contributed by atoms with Crippen molar-refractivity contribution in [2.75, 3.05) is 0 Å². The zero-order chi connectivity index (χ0) is 6.57. The number of carboxylic acid groups (broad SMARTS) is 2. The summed E-state index contributed by atoms with van der Waals surface area (Å²) >= 11 is 0. The molecule has 0 saturated heterocycles. The molecule has 0 spiro atoms. The second kappa shape index (κ2) is 14.0. The number of carbonyl (C=O) groups is 2. The molecule has 5 nitrogen and oxygen atoms in total. The predicted octanol–water partition coefficient (Wildman–Crippen LogP) is -4.09. The normalized spacial score (nSPS) is 6.18. The molecule has 0 aliphatic carbocycles. The maximum Gasteiger partial charge on any atom is 2.00 e. The second-order valence-electron chi connectivity index (χ2n) is 1.24. The van der Waals surface area contributed by atoms with Crippen LogP contribution in [-0.2, 0) is 9.59 Å². The summed E-state index contributed by atoms with van der Waals surface area (Å²) in [4.78, 5) is 19.0. The Labute approximate surface area is 126 Å². The number of hydrogen-bond donors (Lipinski definition) is 0. The average Bonchev–Trinajstić information content (AvgIpc) is 1.61. The molecular formula is C4H8Ca2O5. The van der Waals surface area contributed by atoms with Gasteiger partial charge in [-0.1, -0.05) is 0 Å². The molecule has 0 bridgehead atoms. The molecule has 0 aromatic heterocycles. The fourth-order valence-corrected chi connectivity index (χ4v) is 0.204. The van der Waals surface area contributed by atoms with Crippen LogP contribution in [0.1, 0.15) is 15.7 Å². The summed E-state index contributed by atoms with van der Waals surface area (Å²) in [7, 11) is 0.